The average molecular weight is 425 g/mol. The molecule has 0 radical (unpaired) electrons. The zero-order valence-corrected chi connectivity index (χ0v) is 18.8. The maximum atomic E-state index is 12.5. The fraction of sp³-hybridized carbons (Fsp3) is 0.737. The summed E-state index contributed by atoms with van der Waals surface area (Å²) >= 11 is 0. The van der Waals surface area contributed by atoms with Gasteiger partial charge < -0.3 is 14.4 Å². The van der Waals surface area contributed by atoms with E-state index in [0.29, 0.717) is 0 Å². The zero-order valence-electron chi connectivity index (χ0n) is 18.8. The van der Waals surface area contributed by atoms with Crippen LogP contribution in [0.3, 0.4) is 0 Å². The van der Waals surface area contributed by atoms with Crippen molar-refractivity contribution in [2.45, 2.75) is 64.8 Å². The van der Waals surface area contributed by atoms with Crippen molar-refractivity contribution >= 4 is 30.0 Å². The van der Waals surface area contributed by atoms with Crippen LogP contribution in [-0.4, -0.2) is 95.1 Å². The zero-order chi connectivity index (χ0) is 23.0. The first-order valence-electron chi connectivity index (χ1n) is 9.69. The van der Waals surface area contributed by atoms with Crippen LogP contribution in [-0.2, 0) is 19.1 Å². The van der Waals surface area contributed by atoms with Gasteiger partial charge in [-0.05, 0) is 41.5 Å². The Hall–Kier alpha value is -2.85. The SMILES string of the molecule is CN(C(=O)OC(C)(C)C)C1CN2CC(N(C)C(=O)OC(C)(C)C)C(=O)NC2=NC1=O. The normalized spacial score (nSPS) is 21.9. The molecule has 2 rings (SSSR count). The summed E-state index contributed by atoms with van der Waals surface area (Å²) in [6.45, 7) is 10.6. The maximum Gasteiger partial charge on any atom is 0.410 e. The summed E-state index contributed by atoms with van der Waals surface area (Å²) in [4.78, 5) is 57.6. The number of amides is 4. The highest BCUT2D eigenvalue weighted by atomic mass is 16.6. The molecule has 1 fully saturated rings. The van der Waals surface area contributed by atoms with Crippen LogP contribution in [0.25, 0.3) is 0 Å². The van der Waals surface area contributed by atoms with Gasteiger partial charge in [0, 0.05) is 14.1 Å². The minimum atomic E-state index is -0.883. The molecule has 4 amide bonds. The lowest BCUT2D eigenvalue weighted by molar-refractivity contribution is -0.128. The molecule has 1 N–H and O–H groups in total. The van der Waals surface area contributed by atoms with Gasteiger partial charge in [-0.15, -0.1) is 0 Å². The number of carbonyl (C=O) groups is 4. The van der Waals surface area contributed by atoms with Gasteiger partial charge in [-0.1, -0.05) is 0 Å². The van der Waals surface area contributed by atoms with Crippen LogP contribution in [0.2, 0.25) is 0 Å². The number of ether oxygens (including phenoxy) is 2. The lowest BCUT2D eigenvalue weighted by atomic mass is 10.1. The third-order valence-electron chi connectivity index (χ3n) is 4.42. The van der Waals surface area contributed by atoms with Gasteiger partial charge in [0.1, 0.15) is 23.3 Å². The van der Waals surface area contributed by atoms with Gasteiger partial charge in [-0.25, -0.2) is 9.59 Å². The number of aliphatic imine (C=N–C) groups is 1. The van der Waals surface area contributed by atoms with Crippen LogP contribution >= 0.6 is 0 Å². The Bertz CT molecular complexity index is 766. The molecule has 2 atom stereocenters. The van der Waals surface area contributed by atoms with Crippen LogP contribution in [0.5, 0.6) is 0 Å². The molecule has 0 aromatic heterocycles. The Morgan fingerprint density at radius 3 is 1.83 bits per heavy atom. The summed E-state index contributed by atoms with van der Waals surface area (Å²) in [6, 6.07) is -1.73. The molecule has 2 aliphatic rings. The van der Waals surface area contributed by atoms with Crippen molar-refractivity contribution in [3.05, 3.63) is 0 Å². The highest BCUT2D eigenvalue weighted by molar-refractivity contribution is 6.08. The number of carbonyl (C=O) groups excluding carboxylic acids is 4. The number of hydrogen-bond donors (Lipinski definition) is 1. The smallest absolute Gasteiger partial charge is 0.410 e. The molecule has 30 heavy (non-hydrogen) atoms. The molecule has 0 spiro atoms. The number of likely N-dealkylation sites (N-methyl/N-ethyl adjacent to an activating group) is 2. The van der Waals surface area contributed by atoms with E-state index < -0.39 is 47.3 Å². The van der Waals surface area contributed by atoms with Gasteiger partial charge in [0.15, 0.2) is 0 Å². The van der Waals surface area contributed by atoms with Gasteiger partial charge in [-0.3, -0.25) is 24.7 Å². The predicted molar refractivity (Wildman–Crippen MR) is 108 cm³/mol. The van der Waals surface area contributed by atoms with Crippen molar-refractivity contribution in [2.75, 3.05) is 27.2 Å². The third kappa shape index (κ3) is 5.61. The van der Waals surface area contributed by atoms with E-state index in [-0.39, 0.29) is 19.0 Å². The Balaban J connectivity index is 2.14. The topological polar surface area (TPSA) is 121 Å². The Morgan fingerprint density at radius 2 is 1.37 bits per heavy atom. The first kappa shape index (κ1) is 23.4. The van der Waals surface area contributed by atoms with E-state index in [1.165, 1.54) is 23.9 Å². The average Bonchev–Trinajstić information content (AvgIpc) is 2.56. The molecule has 11 heteroatoms. The van der Waals surface area contributed by atoms with Gasteiger partial charge in [-0.2, -0.15) is 4.99 Å². The quantitative estimate of drug-likeness (QED) is 0.694. The Kier molecular flexibility index (Phi) is 6.34. The molecular formula is C19H31N5O6. The molecule has 0 aromatic rings. The van der Waals surface area contributed by atoms with Gasteiger partial charge in [0.25, 0.3) is 11.8 Å². The van der Waals surface area contributed by atoms with Gasteiger partial charge in [0.05, 0.1) is 13.1 Å². The van der Waals surface area contributed by atoms with E-state index in [4.69, 9.17) is 9.47 Å². The summed E-state index contributed by atoms with van der Waals surface area (Å²) in [5.41, 5.74) is -1.42. The summed E-state index contributed by atoms with van der Waals surface area (Å²) in [5.74, 6) is -0.924. The van der Waals surface area contributed by atoms with E-state index in [9.17, 15) is 19.2 Å². The number of rotatable bonds is 2. The summed E-state index contributed by atoms with van der Waals surface area (Å²) in [5, 5.41) is 2.56. The van der Waals surface area contributed by atoms with E-state index in [2.05, 4.69) is 10.3 Å². The molecule has 2 aliphatic heterocycles. The Labute approximate surface area is 176 Å². The molecule has 168 valence electrons. The van der Waals surface area contributed by atoms with Crippen molar-refractivity contribution in [2.24, 2.45) is 4.99 Å². The molecular weight excluding hydrogens is 394 g/mol. The third-order valence-corrected chi connectivity index (χ3v) is 4.42. The highest BCUT2D eigenvalue weighted by Gasteiger charge is 2.43. The maximum absolute atomic E-state index is 12.5. The first-order chi connectivity index (χ1) is 13.6. The highest BCUT2D eigenvalue weighted by Crippen LogP contribution is 2.19. The van der Waals surface area contributed by atoms with Crippen LogP contribution in [0.15, 0.2) is 4.99 Å². The lowest BCUT2D eigenvalue weighted by Gasteiger charge is -2.42. The standard InChI is InChI=1S/C19H31N5O6/c1-18(2,3)29-16(27)22(7)11-9-24-10-12(14(26)21-15(24)20-13(11)25)23(8)17(28)30-19(4,5)6/h11-12H,9-10H2,1-8H3,(H,20,21,25,26). The second-order valence-corrected chi connectivity index (χ2v) is 9.38. The molecule has 0 aromatic carbocycles. The fourth-order valence-corrected chi connectivity index (χ4v) is 2.88. The minimum Gasteiger partial charge on any atom is -0.444 e. The van der Waals surface area contributed by atoms with Crippen LogP contribution in [0.4, 0.5) is 9.59 Å². The van der Waals surface area contributed by atoms with Crippen LogP contribution < -0.4 is 5.32 Å². The molecule has 1 saturated heterocycles. The molecule has 0 bridgehead atoms. The largest absolute Gasteiger partial charge is 0.444 e. The van der Waals surface area contributed by atoms with E-state index in [1.54, 1.807) is 46.4 Å². The summed E-state index contributed by atoms with van der Waals surface area (Å²) in [7, 11) is 2.93. The number of guanidine groups is 1. The van der Waals surface area contributed by atoms with Crippen LogP contribution in [0.1, 0.15) is 41.5 Å². The molecule has 0 aliphatic carbocycles. The van der Waals surface area contributed by atoms with E-state index in [1.807, 2.05) is 0 Å². The first-order valence-corrected chi connectivity index (χ1v) is 9.69. The fourth-order valence-electron chi connectivity index (χ4n) is 2.88. The lowest BCUT2D eigenvalue weighted by Crippen LogP contribution is -2.67. The number of nitrogens with zero attached hydrogens (tertiary/aromatic N) is 4. The van der Waals surface area contributed by atoms with E-state index in [0.717, 1.165) is 0 Å². The van der Waals surface area contributed by atoms with E-state index >= 15 is 0 Å². The summed E-state index contributed by atoms with van der Waals surface area (Å²) in [6.07, 6.45) is -1.29. The second kappa shape index (κ2) is 8.11. The van der Waals surface area contributed by atoms with Crippen molar-refractivity contribution in [1.82, 2.24) is 20.0 Å². The molecule has 11 nitrogen and oxygen atoms in total. The number of hydrogen-bond acceptors (Lipinski definition) is 7. The van der Waals surface area contributed by atoms with Crippen LogP contribution in [0, 0.1) is 0 Å². The Morgan fingerprint density at radius 1 is 0.933 bits per heavy atom. The number of nitrogens with one attached hydrogen (secondary N) is 1. The minimum absolute atomic E-state index is 0.104. The molecule has 2 unspecified atom stereocenters. The predicted octanol–water partition coefficient (Wildman–Crippen LogP) is 0.785. The summed E-state index contributed by atoms with van der Waals surface area (Å²) < 4.78 is 10.6. The van der Waals surface area contributed by atoms with Crippen molar-refractivity contribution in [1.29, 1.82) is 0 Å². The van der Waals surface area contributed by atoms with Gasteiger partial charge >= 0.3 is 12.2 Å². The molecule has 0 saturated carbocycles. The monoisotopic (exact) mass is 425 g/mol. The second-order valence-electron chi connectivity index (χ2n) is 9.38. The van der Waals surface area contributed by atoms with Gasteiger partial charge in [0.2, 0.25) is 5.96 Å². The van der Waals surface area contributed by atoms with Crippen molar-refractivity contribution < 1.29 is 28.7 Å². The number of fused-ring (bicyclic) bond motifs is 1. The van der Waals surface area contributed by atoms with Crippen molar-refractivity contribution in [3.63, 3.8) is 0 Å². The van der Waals surface area contributed by atoms with Crippen molar-refractivity contribution in [3.8, 4) is 0 Å². The molecule has 2 heterocycles.